The van der Waals surface area contributed by atoms with E-state index in [0.29, 0.717) is 12.1 Å². The van der Waals surface area contributed by atoms with Gasteiger partial charge >= 0.3 is 0 Å². The summed E-state index contributed by atoms with van der Waals surface area (Å²) in [7, 11) is -5.45. The van der Waals surface area contributed by atoms with Gasteiger partial charge in [0.25, 0.3) is 15.9 Å². The molecule has 1 unspecified atom stereocenters. The molecule has 9 heteroatoms. The predicted octanol–water partition coefficient (Wildman–Crippen LogP) is 2.05. The Balaban J connectivity index is 1.81. The summed E-state index contributed by atoms with van der Waals surface area (Å²) < 4.78 is 51.1. The number of amides is 1. The summed E-state index contributed by atoms with van der Waals surface area (Å²) in [6.07, 6.45) is 0.386. The van der Waals surface area contributed by atoms with E-state index in [1.165, 1.54) is 29.2 Å². The highest BCUT2D eigenvalue weighted by molar-refractivity contribution is 7.92. The van der Waals surface area contributed by atoms with E-state index >= 15 is 0 Å². The third-order valence-corrected chi connectivity index (χ3v) is 7.90. The quantitative estimate of drug-likeness (QED) is 0.795. The van der Waals surface area contributed by atoms with E-state index < -0.39 is 31.8 Å². The second kappa shape index (κ2) is 7.56. The van der Waals surface area contributed by atoms with Crippen LogP contribution in [0.5, 0.6) is 0 Å². The highest BCUT2D eigenvalue weighted by Gasteiger charge is 2.33. The van der Waals surface area contributed by atoms with Gasteiger partial charge in [0, 0.05) is 24.3 Å². The van der Waals surface area contributed by atoms with Gasteiger partial charge in [-0.3, -0.25) is 9.52 Å². The zero-order chi connectivity index (χ0) is 20.5. The van der Waals surface area contributed by atoms with Gasteiger partial charge in [0.2, 0.25) is 0 Å². The number of carbonyl (C=O) groups is 1. The van der Waals surface area contributed by atoms with Crippen LogP contribution in [-0.2, 0) is 19.9 Å². The second-order valence-corrected chi connectivity index (χ2v) is 10.9. The van der Waals surface area contributed by atoms with Gasteiger partial charge in [-0.25, -0.2) is 16.8 Å². The number of carbonyl (C=O) groups excluding carboxylic acids is 1. The number of nitrogens with one attached hydrogen (secondary N) is 1. The van der Waals surface area contributed by atoms with Gasteiger partial charge in [-0.15, -0.1) is 0 Å². The number of benzene rings is 2. The average molecular weight is 423 g/mol. The molecule has 1 fully saturated rings. The maximum atomic E-state index is 12.7. The van der Waals surface area contributed by atoms with E-state index in [9.17, 15) is 21.6 Å². The Morgan fingerprint density at radius 1 is 1.14 bits per heavy atom. The smallest absolute Gasteiger partial charge is 0.261 e. The third-order valence-electron chi connectivity index (χ3n) is 4.77. The standard InChI is InChI=1S/C19H22N2O5S2/c1-14-6-8-16(9-7-14)20-28(25,26)18-5-3-4-15(12-18)19(22)21(2)17-10-11-27(23,24)13-17/h3-9,12,17,20H,10-11,13H2,1-2H3. The fourth-order valence-corrected chi connectivity index (χ4v) is 5.96. The van der Waals surface area contributed by atoms with Crippen molar-refractivity contribution in [2.24, 2.45) is 0 Å². The molecule has 28 heavy (non-hydrogen) atoms. The number of rotatable bonds is 5. The number of sulfone groups is 1. The molecular formula is C19H22N2O5S2. The molecule has 7 nitrogen and oxygen atoms in total. The summed E-state index contributed by atoms with van der Waals surface area (Å²) in [6.45, 7) is 1.90. The Morgan fingerprint density at radius 2 is 1.82 bits per heavy atom. The molecule has 3 rings (SSSR count). The van der Waals surface area contributed by atoms with Crippen LogP contribution in [0.4, 0.5) is 5.69 Å². The first-order valence-electron chi connectivity index (χ1n) is 8.74. The molecule has 150 valence electrons. The van der Waals surface area contributed by atoms with Crippen molar-refractivity contribution in [3.63, 3.8) is 0 Å². The molecule has 0 spiro atoms. The summed E-state index contributed by atoms with van der Waals surface area (Å²) in [5.41, 5.74) is 1.63. The highest BCUT2D eigenvalue weighted by Crippen LogP contribution is 2.21. The SMILES string of the molecule is Cc1ccc(NS(=O)(=O)c2cccc(C(=O)N(C)C3CCS(=O)(=O)C3)c2)cc1. The highest BCUT2D eigenvalue weighted by atomic mass is 32.2. The largest absolute Gasteiger partial charge is 0.338 e. The van der Waals surface area contributed by atoms with E-state index in [1.807, 2.05) is 6.92 Å². The molecule has 1 atom stereocenters. The molecule has 1 N–H and O–H groups in total. The number of aryl methyl sites for hydroxylation is 1. The Hall–Kier alpha value is -2.39. The molecule has 0 bridgehead atoms. The molecule has 1 aliphatic heterocycles. The van der Waals surface area contributed by atoms with Crippen LogP contribution in [0.25, 0.3) is 0 Å². The fraction of sp³-hybridized carbons (Fsp3) is 0.316. The molecule has 1 aliphatic rings. The van der Waals surface area contributed by atoms with E-state index in [4.69, 9.17) is 0 Å². The summed E-state index contributed by atoms with van der Waals surface area (Å²) in [6, 6.07) is 12.2. The molecule has 0 aliphatic carbocycles. The summed E-state index contributed by atoms with van der Waals surface area (Å²) >= 11 is 0. The van der Waals surface area contributed by atoms with E-state index in [2.05, 4.69) is 4.72 Å². The van der Waals surface area contributed by atoms with E-state index in [-0.39, 0.29) is 22.0 Å². The molecule has 2 aromatic carbocycles. The van der Waals surface area contributed by atoms with Crippen LogP contribution in [0.3, 0.4) is 0 Å². The Labute approximate surface area is 165 Å². The Morgan fingerprint density at radius 3 is 2.43 bits per heavy atom. The van der Waals surface area contributed by atoms with Gasteiger partial charge in [-0.05, 0) is 43.7 Å². The van der Waals surface area contributed by atoms with Crippen LogP contribution in [0.1, 0.15) is 22.3 Å². The number of hydrogen-bond acceptors (Lipinski definition) is 5. The summed E-state index contributed by atoms with van der Waals surface area (Å²) in [4.78, 5) is 14.1. The van der Waals surface area contributed by atoms with Crippen molar-refractivity contribution >= 4 is 31.5 Å². The summed E-state index contributed by atoms with van der Waals surface area (Å²) in [5, 5.41) is 0. The number of nitrogens with zero attached hydrogens (tertiary/aromatic N) is 1. The lowest BCUT2D eigenvalue weighted by Gasteiger charge is -2.23. The number of anilines is 1. The topological polar surface area (TPSA) is 101 Å². The monoisotopic (exact) mass is 422 g/mol. The lowest BCUT2D eigenvalue weighted by molar-refractivity contribution is 0.0747. The van der Waals surface area contributed by atoms with Crippen molar-refractivity contribution in [2.45, 2.75) is 24.3 Å². The average Bonchev–Trinajstić information content (AvgIpc) is 3.02. The summed E-state index contributed by atoms with van der Waals surface area (Å²) in [5.74, 6) is -0.415. The molecule has 1 amide bonds. The predicted molar refractivity (Wildman–Crippen MR) is 108 cm³/mol. The maximum absolute atomic E-state index is 12.7. The lowest BCUT2D eigenvalue weighted by Crippen LogP contribution is -2.37. The van der Waals surface area contributed by atoms with Crippen LogP contribution >= 0.6 is 0 Å². The molecular weight excluding hydrogens is 400 g/mol. The molecule has 0 radical (unpaired) electrons. The van der Waals surface area contributed by atoms with Crippen LogP contribution in [0.15, 0.2) is 53.4 Å². The normalized spacial score (nSPS) is 18.6. The first-order valence-corrected chi connectivity index (χ1v) is 12.0. The minimum atomic E-state index is -3.86. The van der Waals surface area contributed by atoms with Crippen LogP contribution < -0.4 is 4.72 Å². The van der Waals surface area contributed by atoms with Crippen molar-refractivity contribution in [3.05, 3.63) is 59.7 Å². The minimum absolute atomic E-state index is 0.0358. The van der Waals surface area contributed by atoms with Crippen molar-refractivity contribution in [1.29, 1.82) is 0 Å². The zero-order valence-corrected chi connectivity index (χ0v) is 17.3. The Bertz CT molecular complexity index is 1090. The van der Waals surface area contributed by atoms with Gasteiger partial charge in [0.15, 0.2) is 9.84 Å². The number of hydrogen-bond donors (Lipinski definition) is 1. The minimum Gasteiger partial charge on any atom is -0.338 e. The lowest BCUT2D eigenvalue weighted by atomic mass is 10.1. The van der Waals surface area contributed by atoms with Gasteiger partial charge in [-0.2, -0.15) is 0 Å². The first kappa shape index (κ1) is 20.3. The van der Waals surface area contributed by atoms with Gasteiger partial charge in [0.1, 0.15) is 0 Å². The van der Waals surface area contributed by atoms with Gasteiger partial charge < -0.3 is 4.90 Å². The molecule has 1 heterocycles. The molecule has 0 saturated carbocycles. The molecule has 2 aromatic rings. The first-order chi connectivity index (χ1) is 13.1. The van der Waals surface area contributed by atoms with Gasteiger partial charge in [-0.1, -0.05) is 23.8 Å². The zero-order valence-electron chi connectivity index (χ0n) is 15.6. The Kier molecular flexibility index (Phi) is 5.49. The maximum Gasteiger partial charge on any atom is 0.261 e. The molecule has 0 aromatic heterocycles. The fourth-order valence-electron chi connectivity index (χ4n) is 3.08. The third kappa shape index (κ3) is 4.53. The van der Waals surface area contributed by atoms with Crippen LogP contribution in [0.2, 0.25) is 0 Å². The van der Waals surface area contributed by atoms with Gasteiger partial charge in [0.05, 0.1) is 16.4 Å². The van der Waals surface area contributed by atoms with Crippen LogP contribution in [-0.4, -0.2) is 52.2 Å². The van der Waals surface area contributed by atoms with E-state index in [0.717, 1.165) is 5.56 Å². The second-order valence-electron chi connectivity index (χ2n) is 6.97. The number of sulfonamides is 1. The van der Waals surface area contributed by atoms with Crippen molar-refractivity contribution in [3.8, 4) is 0 Å². The van der Waals surface area contributed by atoms with Crippen molar-refractivity contribution in [1.82, 2.24) is 4.90 Å². The molecule has 1 saturated heterocycles. The van der Waals surface area contributed by atoms with Crippen LogP contribution in [0, 0.1) is 6.92 Å². The van der Waals surface area contributed by atoms with E-state index in [1.54, 1.807) is 31.3 Å². The van der Waals surface area contributed by atoms with Crippen molar-refractivity contribution in [2.75, 3.05) is 23.3 Å². The van der Waals surface area contributed by atoms with Crippen molar-refractivity contribution < 1.29 is 21.6 Å².